The number of aliphatic hydroxyl groups excluding tert-OH is 1. The van der Waals surface area contributed by atoms with Crippen molar-refractivity contribution in [3.8, 4) is 23.0 Å². The molecular weight excluding hydrogens is 432 g/mol. The van der Waals surface area contributed by atoms with E-state index in [4.69, 9.17) is 23.7 Å². The van der Waals surface area contributed by atoms with Gasteiger partial charge in [0.05, 0.1) is 58.0 Å². The molecule has 2 unspecified atom stereocenters. The van der Waals surface area contributed by atoms with Gasteiger partial charge in [-0.1, -0.05) is 44.3 Å². The fourth-order valence-electron chi connectivity index (χ4n) is 4.16. The van der Waals surface area contributed by atoms with Gasteiger partial charge in [-0.2, -0.15) is 0 Å². The molecule has 1 N–H and O–H groups in total. The molecule has 0 aliphatic rings. The first kappa shape index (κ1) is 27.8. The minimum Gasteiger partial charge on any atom is -0.496 e. The fraction of sp³-hybridized carbons (Fsp3) is 0.571. The van der Waals surface area contributed by atoms with E-state index in [2.05, 4.69) is 26.8 Å². The number of fused-ring (bicyclic) bond motifs is 1. The quantitative estimate of drug-likeness (QED) is 0.231. The van der Waals surface area contributed by atoms with Crippen LogP contribution in [0.25, 0.3) is 10.8 Å². The van der Waals surface area contributed by atoms with Crippen molar-refractivity contribution in [2.75, 3.05) is 35.0 Å². The van der Waals surface area contributed by atoms with Crippen LogP contribution in [0.5, 0.6) is 23.0 Å². The van der Waals surface area contributed by atoms with E-state index < -0.39 is 6.10 Å². The molecule has 0 aliphatic carbocycles. The predicted octanol–water partition coefficient (Wildman–Crippen LogP) is 6.62. The third kappa shape index (κ3) is 7.03. The zero-order chi connectivity index (χ0) is 25.1. The van der Waals surface area contributed by atoms with Gasteiger partial charge in [-0.15, -0.1) is 0 Å². The van der Waals surface area contributed by atoms with Gasteiger partial charge >= 0.3 is 0 Å². The van der Waals surface area contributed by atoms with E-state index in [0.717, 1.165) is 35.6 Å². The Kier molecular flexibility index (Phi) is 11.5. The van der Waals surface area contributed by atoms with Gasteiger partial charge in [-0.3, -0.25) is 0 Å². The van der Waals surface area contributed by atoms with Crippen molar-refractivity contribution >= 4 is 10.8 Å². The van der Waals surface area contributed by atoms with Crippen LogP contribution in [0.4, 0.5) is 0 Å². The molecule has 6 heteroatoms. The normalized spacial score (nSPS) is 12.8. The lowest BCUT2D eigenvalue weighted by Crippen LogP contribution is -2.18. The monoisotopic (exact) mass is 474 g/mol. The van der Waals surface area contributed by atoms with Crippen LogP contribution in [0, 0.1) is 0 Å². The maximum Gasteiger partial charge on any atom is 0.136 e. The second-order valence-corrected chi connectivity index (χ2v) is 8.76. The van der Waals surface area contributed by atoms with Crippen molar-refractivity contribution in [3.05, 3.63) is 35.4 Å². The average molecular weight is 475 g/mol. The van der Waals surface area contributed by atoms with Crippen LogP contribution in [-0.2, 0) is 4.74 Å². The summed E-state index contributed by atoms with van der Waals surface area (Å²) < 4.78 is 29.3. The topological polar surface area (TPSA) is 66.4 Å². The largest absolute Gasteiger partial charge is 0.496 e. The third-order valence-corrected chi connectivity index (χ3v) is 5.98. The lowest BCUT2D eigenvalue weighted by atomic mass is 9.96. The number of ether oxygens (including phenoxy) is 5. The maximum absolute atomic E-state index is 10.5. The summed E-state index contributed by atoms with van der Waals surface area (Å²) in [5, 5.41) is 12.1. The second-order valence-electron chi connectivity index (χ2n) is 8.76. The summed E-state index contributed by atoms with van der Waals surface area (Å²) in [6, 6.07) is 5.66. The smallest absolute Gasteiger partial charge is 0.136 e. The molecule has 0 saturated heterocycles. The van der Waals surface area contributed by atoms with Crippen LogP contribution in [0.1, 0.15) is 71.0 Å². The molecule has 0 radical (unpaired) electrons. The number of benzene rings is 2. The SMILES string of the molecule is CCCCCCC(O)COC(CC=C(C)C)c1cc(OC)c2c(OC)ccc(OC)c2c1OC. The Bertz CT molecular complexity index is 932. The zero-order valence-corrected chi connectivity index (χ0v) is 21.9. The molecule has 0 aliphatic heterocycles. The van der Waals surface area contributed by atoms with Gasteiger partial charge in [0.1, 0.15) is 23.0 Å². The Labute approximate surface area is 204 Å². The highest BCUT2D eigenvalue weighted by molar-refractivity contribution is 6.03. The summed E-state index contributed by atoms with van der Waals surface area (Å²) in [7, 11) is 6.54. The molecule has 0 spiro atoms. The maximum atomic E-state index is 10.5. The minimum absolute atomic E-state index is 0.256. The van der Waals surface area contributed by atoms with Crippen LogP contribution in [-0.4, -0.2) is 46.3 Å². The van der Waals surface area contributed by atoms with Crippen molar-refractivity contribution in [2.45, 2.75) is 71.5 Å². The van der Waals surface area contributed by atoms with Gasteiger partial charge in [-0.05, 0) is 44.9 Å². The summed E-state index contributed by atoms with van der Waals surface area (Å²) in [6.07, 6.45) is 7.18. The highest BCUT2D eigenvalue weighted by Crippen LogP contribution is 2.48. The van der Waals surface area contributed by atoms with E-state index in [1.807, 2.05) is 18.2 Å². The molecule has 2 atom stereocenters. The Hall–Kier alpha value is -2.44. The molecule has 2 aromatic carbocycles. The Morgan fingerprint density at radius 2 is 1.53 bits per heavy atom. The molecule has 2 rings (SSSR count). The van der Waals surface area contributed by atoms with Crippen LogP contribution in [0.2, 0.25) is 0 Å². The van der Waals surface area contributed by atoms with Gasteiger partial charge < -0.3 is 28.8 Å². The van der Waals surface area contributed by atoms with Crippen molar-refractivity contribution in [1.82, 2.24) is 0 Å². The Balaban J connectivity index is 2.52. The van der Waals surface area contributed by atoms with Gasteiger partial charge in [0.15, 0.2) is 0 Å². The molecule has 0 heterocycles. The van der Waals surface area contributed by atoms with E-state index in [1.54, 1.807) is 28.4 Å². The summed E-state index contributed by atoms with van der Waals surface area (Å²) in [5.41, 5.74) is 2.04. The van der Waals surface area contributed by atoms with E-state index in [-0.39, 0.29) is 12.7 Å². The van der Waals surface area contributed by atoms with Crippen LogP contribution < -0.4 is 18.9 Å². The molecule has 34 heavy (non-hydrogen) atoms. The number of rotatable bonds is 15. The third-order valence-electron chi connectivity index (χ3n) is 5.98. The van der Waals surface area contributed by atoms with Crippen LogP contribution in [0.15, 0.2) is 29.8 Å². The summed E-state index contributed by atoms with van der Waals surface area (Å²) in [4.78, 5) is 0. The van der Waals surface area contributed by atoms with E-state index in [9.17, 15) is 5.11 Å². The molecular formula is C28H42O6. The average Bonchev–Trinajstić information content (AvgIpc) is 2.84. The number of methoxy groups -OCH3 is 4. The lowest BCUT2D eigenvalue weighted by Gasteiger charge is -2.25. The molecule has 0 saturated carbocycles. The summed E-state index contributed by atoms with van der Waals surface area (Å²) >= 11 is 0. The van der Waals surface area contributed by atoms with Crippen molar-refractivity contribution in [1.29, 1.82) is 0 Å². The highest BCUT2D eigenvalue weighted by Gasteiger charge is 2.26. The second kappa shape index (κ2) is 14.1. The van der Waals surface area contributed by atoms with E-state index in [1.165, 1.54) is 18.4 Å². The number of unbranched alkanes of at least 4 members (excludes halogenated alkanes) is 3. The predicted molar refractivity (Wildman–Crippen MR) is 138 cm³/mol. The summed E-state index contributed by atoms with van der Waals surface area (Å²) in [5.74, 6) is 2.62. The molecule has 0 bridgehead atoms. The lowest BCUT2D eigenvalue weighted by molar-refractivity contribution is -0.0136. The number of allylic oxidation sites excluding steroid dienone is 1. The van der Waals surface area contributed by atoms with Crippen molar-refractivity contribution in [3.63, 3.8) is 0 Å². The molecule has 0 aromatic heterocycles. The van der Waals surface area contributed by atoms with Gasteiger partial charge in [0, 0.05) is 5.56 Å². The van der Waals surface area contributed by atoms with Gasteiger partial charge in [0.2, 0.25) is 0 Å². The Morgan fingerprint density at radius 1 is 0.882 bits per heavy atom. The standard InChI is InChI=1S/C28H42O6/c1-8-9-10-11-12-20(29)18-34-22(14-13-19(2)3)21-17-25(32-6)26-23(30-4)15-16-24(31-5)27(26)28(21)33-7/h13,15-17,20,22,29H,8-12,14,18H2,1-7H3. The van der Waals surface area contributed by atoms with Crippen LogP contribution >= 0.6 is 0 Å². The van der Waals surface area contributed by atoms with Gasteiger partial charge in [-0.25, -0.2) is 0 Å². The first-order chi connectivity index (χ1) is 16.4. The van der Waals surface area contributed by atoms with E-state index >= 15 is 0 Å². The summed E-state index contributed by atoms with van der Waals surface area (Å²) in [6.45, 7) is 6.56. The number of hydrogen-bond acceptors (Lipinski definition) is 6. The molecule has 190 valence electrons. The van der Waals surface area contributed by atoms with Crippen molar-refractivity contribution in [2.24, 2.45) is 0 Å². The van der Waals surface area contributed by atoms with Crippen LogP contribution in [0.3, 0.4) is 0 Å². The first-order valence-corrected chi connectivity index (χ1v) is 12.1. The zero-order valence-electron chi connectivity index (χ0n) is 21.9. The molecule has 0 amide bonds. The molecule has 2 aromatic rings. The Morgan fingerprint density at radius 3 is 2.09 bits per heavy atom. The highest BCUT2D eigenvalue weighted by atomic mass is 16.5. The molecule has 6 nitrogen and oxygen atoms in total. The first-order valence-electron chi connectivity index (χ1n) is 12.1. The fourth-order valence-corrected chi connectivity index (χ4v) is 4.16. The van der Waals surface area contributed by atoms with E-state index in [0.29, 0.717) is 29.4 Å². The van der Waals surface area contributed by atoms with Gasteiger partial charge in [0.25, 0.3) is 0 Å². The molecule has 0 fully saturated rings. The minimum atomic E-state index is -0.506. The number of aliphatic hydroxyl groups is 1. The van der Waals surface area contributed by atoms with Crippen molar-refractivity contribution < 1.29 is 28.8 Å². The number of hydrogen-bond donors (Lipinski definition) is 1.